The van der Waals surface area contributed by atoms with E-state index in [1.807, 2.05) is 49.4 Å². The molecule has 3 aromatic carbocycles. The lowest BCUT2D eigenvalue weighted by Crippen LogP contribution is -2.16. The van der Waals surface area contributed by atoms with Crippen LogP contribution in [-0.2, 0) is 4.57 Å². The van der Waals surface area contributed by atoms with Gasteiger partial charge in [-0.3, -0.25) is 0 Å². The van der Waals surface area contributed by atoms with Crippen molar-refractivity contribution in [2.45, 2.75) is 78.6 Å². The van der Waals surface area contributed by atoms with Crippen LogP contribution in [0.5, 0.6) is 17.2 Å². The smallest absolute Gasteiger partial charge is 0.343 e. The molecule has 43 heavy (non-hydrogen) atoms. The molecule has 0 saturated heterocycles. The van der Waals surface area contributed by atoms with E-state index in [1.165, 1.54) is 38.5 Å². The van der Waals surface area contributed by atoms with Crippen LogP contribution in [0.2, 0.25) is 0 Å². The Labute approximate surface area is 258 Å². The van der Waals surface area contributed by atoms with Gasteiger partial charge < -0.3 is 18.8 Å². The Bertz CT molecular complexity index is 1410. The highest BCUT2D eigenvalue weighted by Crippen LogP contribution is 2.53. The van der Waals surface area contributed by atoms with Crippen molar-refractivity contribution < 1.29 is 23.6 Å². The zero-order valence-electron chi connectivity index (χ0n) is 26.1. The summed E-state index contributed by atoms with van der Waals surface area (Å²) < 4.78 is 31.9. The molecule has 1 heterocycles. The Hall–Kier alpha value is -3.30. The van der Waals surface area contributed by atoms with Crippen LogP contribution >= 0.6 is 7.14 Å². The molecule has 1 aliphatic heterocycles. The molecule has 230 valence electrons. The van der Waals surface area contributed by atoms with Gasteiger partial charge in [-0.25, -0.2) is 4.79 Å². The van der Waals surface area contributed by atoms with Crippen LogP contribution in [0.3, 0.4) is 0 Å². The van der Waals surface area contributed by atoms with Gasteiger partial charge in [-0.15, -0.1) is 6.58 Å². The summed E-state index contributed by atoms with van der Waals surface area (Å²) in [6.45, 7) is 11.3. The van der Waals surface area contributed by atoms with Crippen LogP contribution in [0, 0.1) is 5.92 Å². The van der Waals surface area contributed by atoms with E-state index in [4.69, 9.17) is 14.2 Å². The highest BCUT2D eigenvalue weighted by Gasteiger charge is 2.38. The number of hydrogen-bond acceptors (Lipinski definition) is 5. The number of ether oxygens (including phenoxy) is 3. The fourth-order valence-electron chi connectivity index (χ4n) is 5.37. The second-order valence-electron chi connectivity index (χ2n) is 11.6. The van der Waals surface area contributed by atoms with Crippen molar-refractivity contribution in [1.29, 1.82) is 0 Å². The maximum absolute atomic E-state index is 14.3. The number of esters is 1. The largest absolute Gasteiger partial charge is 0.494 e. The van der Waals surface area contributed by atoms with E-state index in [0.29, 0.717) is 36.6 Å². The second-order valence-corrected chi connectivity index (χ2v) is 14.6. The molecular weight excluding hydrogens is 555 g/mol. The highest BCUT2D eigenvalue weighted by atomic mass is 31.2. The third kappa shape index (κ3) is 8.42. The van der Waals surface area contributed by atoms with Gasteiger partial charge in [0.1, 0.15) is 24.4 Å². The Morgan fingerprint density at radius 1 is 0.791 bits per heavy atom. The fourth-order valence-corrected chi connectivity index (χ4v) is 8.17. The molecule has 5 nitrogen and oxygen atoms in total. The molecule has 0 bridgehead atoms. The molecule has 0 spiro atoms. The topological polar surface area (TPSA) is 61.8 Å². The summed E-state index contributed by atoms with van der Waals surface area (Å²) in [5.41, 5.74) is 2.25. The first kappa shape index (κ1) is 32.6. The van der Waals surface area contributed by atoms with Crippen LogP contribution < -0.4 is 24.8 Å². The lowest BCUT2D eigenvalue weighted by atomic mass is 10.0. The summed E-state index contributed by atoms with van der Waals surface area (Å²) in [7, 11) is -2.90. The minimum Gasteiger partial charge on any atom is -0.494 e. The predicted octanol–water partition coefficient (Wildman–Crippen LogP) is 9.33. The summed E-state index contributed by atoms with van der Waals surface area (Å²) in [6, 6.07) is 18.4. The van der Waals surface area contributed by atoms with Crippen LogP contribution in [0.15, 0.2) is 73.3 Å². The molecule has 0 N–H and O–H groups in total. The maximum atomic E-state index is 14.3. The Morgan fingerprint density at radius 3 is 2.07 bits per heavy atom. The van der Waals surface area contributed by atoms with E-state index in [-0.39, 0.29) is 0 Å². The van der Waals surface area contributed by atoms with Gasteiger partial charge in [0.25, 0.3) is 0 Å². The van der Waals surface area contributed by atoms with Gasteiger partial charge in [-0.2, -0.15) is 0 Å². The molecule has 3 aromatic rings. The van der Waals surface area contributed by atoms with Crippen molar-refractivity contribution in [2.75, 3.05) is 19.4 Å². The number of allylic oxidation sites excluding steroid dienone is 1. The van der Waals surface area contributed by atoms with Crippen molar-refractivity contribution >= 4 is 23.7 Å². The lowest BCUT2D eigenvalue weighted by Gasteiger charge is -2.15. The van der Waals surface area contributed by atoms with Gasteiger partial charge in [0, 0.05) is 16.8 Å². The summed E-state index contributed by atoms with van der Waals surface area (Å²) >= 11 is 0. The van der Waals surface area contributed by atoms with E-state index < -0.39 is 13.1 Å². The second kappa shape index (κ2) is 16.0. The molecule has 0 amide bonds. The fraction of sp³-hybridized carbons (Fsp3) is 0.432. The molecule has 0 saturated carbocycles. The number of fused-ring (bicyclic) bond motifs is 3. The van der Waals surface area contributed by atoms with Crippen LogP contribution in [0.1, 0.15) is 88.9 Å². The van der Waals surface area contributed by atoms with Crippen molar-refractivity contribution in [3.63, 3.8) is 0 Å². The molecule has 4 rings (SSSR count). The SMILES string of the molecule is C=CCCCCCCCCCOc1ccc(OC(=O)c2ccc3c(c2)P(=O)(CC)c2cc(OCC(C)CC)ccc2-3)cc1. The molecule has 2 unspecified atom stereocenters. The van der Waals surface area contributed by atoms with Gasteiger partial charge in [-0.05, 0) is 90.9 Å². The summed E-state index contributed by atoms with van der Waals surface area (Å²) in [4.78, 5) is 13.1. The van der Waals surface area contributed by atoms with Gasteiger partial charge in [0.2, 0.25) is 0 Å². The molecule has 0 fully saturated rings. The van der Waals surface area contributed by atoms with Crippen LogP contribution in [0.4, 0.5) is 0 Å². The Balaban J connectivity index is 1.31. The molecule has 0 aromatic heterocycles. The third-order valence-corrected chi connectivity index (χ3v) is 11.5. The minimum absolute atomic E-state index is 0.384. The lowest BCUT2D eigenvalue weighted by molar-refractivity contribution is 0.0734. The summed E-state index contributed by atoms with van der Waals surface area (Å²) in [5.74, 6) is 1.91. The average Bonchev–Trinajstić information content (AvgIpc) is 3.28. The molecule has 1 aliphatic rings. The van der Waals surface area contributed by atoms with E-state index in [9.17, 15) is 9.36 Å². The molecule has 0 radical (unpaired) electrons. The van der Waals surface area contributed by atoms with Gasteiger partial charge in [-0.1, -0.05) is 71.4 Å². The monoisotopic (exact) mass is 602 g/mol. The molecular formula is C37H47O5P. The van der Waals surface area contributed by atoms with E-state index in [2.05, 4.69) is 20.4 Å². The highest BCUT2D eigenvalue weighted by molar-refractivity contribution is 7.79. The summed E-state index contributed by atoms with van der Waals surface area (Å²) in [6.07, 6.45) is 13.2. The zero-order valence-corrected chi connectivity index (χ0v) is 27.0. The normalized spacial score (nSPS) is 15.8. The number of benzene rings is 3. The minimum atomic E-state index is -2.90. The van der Waals surface area contributed by atoms with Crippen molar-refractivity contribution in [2.24, 2.45) is 5.92 Å². The molecule has 0 aliphatic carbocycles. The van der Waals surface area contributed by atoms with Gasteiger partial charge >= 0.3 is 5.97 Å². The Morgan fingerprint density at radius 2 is 1.40 bits per heavy atom. The number of carbonyl (C=O) groups excluding carboxylic acids is 1. The number of rotatable bonds is 18. The van der Waals surface area contributed by atoms with E-state index in [1.54, 1.807) is 24.3 Å². The molecule has 6 heteroatoms. The number of carbonyl (C=O) groups is 1. The first-order valence-electron chi connectivity index (χ1n) is 16.0. The van der Waals surface area contributed by atoms with Crippen LogP contribution in [-0.4, -0.2) is 25.3 Å². The average molecular weight is 603 g/mol. The quantitative estimate of drug-likeness (QED) is 0.0477. The molecule has 2 atom stereocenters. The van der Waals surface area contributed by atoms with Crippen LogP contribution in [0.25, 0.3) is 11.1 Å². The van der Waals surface area contributed by atoms with Crippen molar-refractivity contribution in [1.82, 2.24) is 0 Å². The van der Waals surface area contributed by atoms with Crippen molar-refractivity contribution in [3.8, 4) is 28.4 Å². The Kier molecular flexibility index (Phi) is 12.1. The predicted molar refractivity (Wildman–Crippen MR) is 178 cm³/mol. The standard InChI is InChI=1S/C37H47O5P/c1-5-8-9-10-11-12-13-14-15-24-40-30-17-19-31(20-18-30)42-37(38)29-16-22-33-34-23-21-32(41-27-28(4)6-2)26-36(34)43(39,7-3)35(33)25-29/h5,16-23,25-26,28H,1,6-15,24,27H2,2-4H3. The van der Waals surface area contributed by atoms with Gasteiger partial charge in [0.15, 0.2) is 0 Å². The van der Waals surface area contributed by atoms with E-state index >= 15 is 0 Å². The third-order valence-electron chi connectivity index (χ3n) is 8.30. The maximum Gasteiger partial charge on any atom is 0.343 e. The van der Waals surface area contributed by atoms with Crippen molar-refractivity contribution in [3.05, 3.63) is 78.9 Å². The van der Waals surface area contributed by atoms with E-state index in [0.717, 1.165) is 52.5 Å². The first-order chi connectivity index (χ1) is 20.9. The van der Waals surface area contributed by atoms with Gasteiger partial charge in [0.05, 0.1) is 18.8 Å². The number of unbranched alkanes of at least 4 members (excludes halogenated alkanes) is 7. The first-order valence-corrected chi connectivity index (χ1v) is 17.9. The summed E-state index contributed by atoms with van der Waals surface area (Å²) in [5, 5.41) is 1.53. The zero-order chi connectivity index (χ0) is 30.7. The number of hydrogen-bond donors (Lipinski definition) is 0.